The second-order valence-corrected chi connectivity index (χ2v) is 6.77. The van der Waals surface area contributed by atoms with Gasteiger partial charge < -0.3 is 10.6 Å². The molecule has 0 saturated carbocycles. The highest BCUT2D eigenvalue weighted by atomic mass is 19.1. The van der Waals surface area contributed by atoms with Crippen LogP contribution in [0.4, 0.5) is 14.5 Å². The van der Waals surface area contributed by atoms with Gasteiger partial charge in [0, 0.05) is 24.3 Å². The molecule has 0 spiro atoms. The van der Waals surface area contributed by atoms with Crippen LogP contribution >= 0.6 is 0 Å². The Morgan fingerprint density at radius 3 is 2.57 bits per heavy atom. The molecule has 2 N–H and O–H groups in total. The van der Waals surface area contributed by atoms with E-state index in [1.165, 1.54) is 24.3 Å². The summed E-state index contributed by atoms with van der Waals surface area (Å²) in [5.41, 5.74) is 3.40. The minimum atomic E-state index is -0.587. The maximum atomic E-state index is 13.6. The maximum Gasteiger partial charge on any atom is 0.224 e. The number of anilines is 1. The van der Waals surface area contributed by atoms with Crippen molar-refractivity contribution in [2.24, 2.45) is 0 Å². The minimum Gasteiger partial charge on any atom is -0.382 e. The van der Waals surface area contributed by atoms with Gasteiger partial charge in [0.25, 0.3) is 0 Å². The van der Waals surface area contributed by atoms with E-state index in [9.17, 15) is 13.6 Å². The first-order valence-corrected chi connectivity index (χ1v) is 9.41. The lowest BCUT2D eigenvalue weighted by Crippen LogP contribution is -2.30. The Morgan fingerprint density at radius 1 is 1.13 bits per heavy atom. The van der Waals surface area contributed by atoms with Crippen LogP contribution in [0.25, 0.3) is 5.69 Å². The molecule has 3 aromatic rings. The number of carbonyl (C=O) groups is 1. The van der Waals surface area contributed by atoms with E-state index in [0.717, 1.165) is 22.6 Å². The summed E-state index contributed by atoms with van der Waals surface area (Å²) in [5.74, 6) is -1.09. The third-order valence-corrected chi connectivity index (χ3v) is 4.74. The molecule has 0 aliphatic heterocycles. The second-order valence-electron chi connectivity index (χ2n) is 6.77. The fraction of sp³-hybridized carbons (Fsp3) is 0.227. The van der Waals surface area contributed by atoms with Crippen LogP contribution in [0.15, 0.2) is 42.5 Å². The lowest BCUT2D eigenvalue weighted by Gasteiger charge is -2.10. The highest BCUT2D eigenvalue weighted by molar-refractivity contribution is 5.79. The van der Waals surface area contributed by atoms with Crippen molar-refractivity contribution in [1.29, 1.82) is 5.26 Å². The molecule has 30 heavy (non-hydrogen) atoms. The topological polar surface area (TPSA) is 82.7 Å². The third kappa shape index (κ3) is 4.63. The van der Waals surface area contributed by atoms with Crippen molar-refractivity contribution in [2.45, 2.75) is 20.3 Å². The van der Waals surface area contributed by atoms with Crippen LogP contribution in [-0.4, -0.2) is 28.8 Å². The molecule has 0 atom stereocenters. The average Bonchev–Trinajstić information content (AvgIpc) is 3.00. The Morgan fingerprint density at radius 2 is 1.87 bits per heavy atom. The van der Waals surface area contributed by atoms with E-state index in [2.05, 4.69) is 15.7 Å². The van der Waals surface area contributed by atoms with Crippen LogP contribution in [0.3, 0.4) is 0 Å². The fourth-order valence-electron chi connectivity index (χ4n) is 3.17. The molecule has 0 aliphatic rings. The van der Waals surface area contributed by atoms with E-state index in [0.29, 0.717) is 18.8 Å². The zero-order valence-electron chi connectivity index (χ0n) is 16.7. The number of halogens is 2. The van der Waals surface area contributed by atoms with Crippen molar-refractivity contribution < 1.29 is 13.6 Å². The van der Waals surface area contributed by atoms with Gasteiger partial charge in [-0.2, -0.15) is 10.4 Å². The van der Waals surface area contributed by atoms with Gasteiger partial charge in [0.05, 0.1) is 23.5 Å². The van der Waals surface area contributed by atoms with E-state index in [-0.39, 0.29) is 23.7 Å². The molecule has 1 amide bonds. The lowest BCUT2D eigenvalue weighted by atomic mass is 10.1. The molecule has 6 nitrogen and oxygen atoms in total. The highest BCUT2D eigenvalue weighted by Gasteiger charge is 2.16. The van der Waals surface area contributed by atoms with E-state index in [1.54, 1.807) is 22.9 Å². The summed E-state index contributed by atoms with van der Waals surface area (Å²) in [6.07, 6.45) is 0.155. The lowest BCUT2D eigenvalue weighted by molar-refractivity contribution is -0.120. The summed E-state index contributed by atoms with van der Waals surface area (Å²) in [4.78, 5) is 12.4. The number of rotatable bonds is 7. The van der Waals surface area contributed by atoms with E-state index >= 15 is 0 Å². The fourth-order valence-corrected chi connectivity index (χ4v) is 3.17. The van der Waals surface area contributed by atoms with Crippen LogP contribution in [-0.2, 0) is 11.2 Å². The first-order chi connectivity index (χ1) is 14.4. The molecule has 0 aliphatic carbocycles. The average molecular weight is 409 g/mol. The molecule has 0 saturated heterocycles. The summed E-state index contributed by atoms with van der Waals surface area (Å²) < 4.78 is 28.4. The Bertz CT molecular complexity index is 1100. The molecular weight excluding hydrogens is 388 g/mol. The number of hydrogen-bond donors (Lipinski definition) is 2. The summed E-state index contributed by atoms with van der Waals surface area (Å²) in [6.45, 7) is 4.34. The molecule has 2 aromatic carbocycles. The Labute approximate surface area is 173 Å². The molecule has 154 valence electrons. The van der Waals surface area contributed by atoms with Gasteiger partial charge in [0.1, 0.15) is 23.3 Å². The Balaban J connectivity index is 1.57. The number of nitriles is 1. The van der Waals surface area contributed by atoms with Crippen LogP contribution < -0.4 is 10.6 Å². The van der Waals surface area contributed by atoms with Gasteiger partial charge in [-0.25, -0.2) is 13.5 Å². The molecule has 0 unspecified atom stereocenters. The molecule has 8 heteroatoms. The van der Waals surface area contributed by atoms with Gasteiger partial charge in [-0.3, -0.25) is 4.79 Å². The van der Waals surface area contributed by atoms with Crippen LogP contribution in [0, 0.1) is 36.8 Å². The van der Waals surface area contributed by atoms with Crippen molar-refractivity contribution in [3.05, 3.63) is 76.6 Å². The van der Waals surface area contributed by atoms with Crippen molar-refractivity contribution in [1.82, 2.24) is 15.1 Å². The number of benzene rings is 2. The minimum absolute atomic E-state index is 0.0525. The van der Waals surface area contributed by atoms with Crippen molar-refractivity contribution in [2.75, 3.05) is 18.4 Å². The van der Waals surface area contributed by atoms with Gasteiger partial charge in [0.15, 0.2) is 0 Å². The van der Waals surface area contributed by atoms with Crippen LogP contribution in [0.5, 0.6) is 0 Å². The molecule has 1 heterocycles. The van der Waals surface area contributed by atoms with E-state index in [4.69, 9.17) is 5.26 Å². The number of nitrogens with zero attached hydrogens (tertiary/aromatic N) is 3. The number of aromatic nitrogens is 2. The zero-order valence-corrected chi connectivity index (χ0v) is 16.7. The largest absolute Gasteiger partial charge is 0.382 e. The summed E-state index contributed by atoms with van der Waals surface area (Å²) in [7, 11) is 0. The normalized spacial score (nSPS) is 10.5. The first kappa shape index (κ1) is 21.0. The molecular formula is C22H21F2N5O. The number of hydrogen-bond acceptors (Lipinski definition) is 4. The summed E-state index contributed by atoms with van der Waals surface area (Å²) in [5, 5.41) is 19.2. The molecule has 0 radical (unpaired) electrons. The van der Waals surface area contributed by atoms with Gasteiger partial charge >= 0.3 is 0 Å². The van der Waals surface area contributed by atoms with Crippen molar-refractivity contribution in [3.8, 4) is 11.8 Å². The van der Waals surface area contributed by atoms with Gasteiger partial charge in [-0.15, -0.1) is 0 Å². The van der Waals surface area contributed by atoms with Gasteiger partial charge in [-0.1, -0.05) is 6.07 Å². The quantitative estimate of drug-likeness (QED) is 0.586. The SMILES string of the molecule is Cc1nn(-c2ccc(F)cc2)c(C)c1CC(=O)NCCNc1cccc(F)c1C#N. The number of carbonyl (C=O) groups excluding carboxylic acids is 1. The maximum absolute atomic E-state index is 13.6. The second kappa shape index (κ2) is 9.18. The standard InChI is InChI=1S/C22H21F2N5O/c1-14-18(15(2)29(28-14)17-8-6-16(23)7-9-17)12-22(30)27-11-10-26-21-5-3-4-20(24)19(21)13-25/h3-9,26H,10-12H2,1-2H3,(H,27,30). The number of aryl methyl sites for hydroxylation is 1. The predicted molar refractivity (Wildman–Crippen MR) is 109 cm³/mol. The smallest absolute Gasteiger partial charge is 0.224 e. The molecule has 0 bridgehead atoms. The Hall–Kier alpha value is -3.73. The zero-order chi connectivity index (χ0) is 21.7. The third-order valence-electron chi connectivity index (χ3n) is 4.74. The van der Waals surface area contributed by atoms with Crippen molar-refractivity contribution >= 4 is 11.6 Å². The number of nitrogens with one attached hydrogen (secondary N) is 2. The van der Waals surface area contributed by atoms with E-state index < -0.39 is 5.82 Å². The monoisotopic (exact) mass is 409 g/mol. The van der Waals surface area contributed by atoms with E-state index in [1.807, 2.05) is 19.9 Å². The molecule has 1 aromatic heterocycles. The van der Waals surface area contributed by atoms with Gasteiger partial charge in [-0.05, 0) is 50.2 Å². The molecule has 3 rings (SSSR count). The summed E-state index contributed by atoms with van der Waals surface area (Å²) >= 11 is 0. The van der Waals surface area contributed by atoms with Crippen molar-refractivity contribution in [3.63, 3.8) is 0 Å². The first-order valence-electron chi connectivity index (χ1n) is 9.41. The van der Waals surface area contributed by atoms with Crippen LogP contribution in [0.1, 0.15) is 22.5 Å². The predicted octanol–water partition coefficient (Wildman–Crippen LogP) is 3.41. The Kier molecular flexibility index (Phi) is 6.42. The van der Waals surface area contributed by atoms with Crippen LogP contribution in [0.2, 0.25) is 0 Å². The highest BCUT2D eigenvalue weighted by Crippen LogP contribution is 2.19. The molecule has 0 fully saturated rings. The summed E-state index contributed by atoms with van der Waals surface area (Å²) in [6, 6.07) is 12.2. The number of amides is 1. The van der Waals surface area contributed by atoms with Gasteiger partial charge in [0.2, 0.25) is 5.91 Å².